The summed E-state index contributed by atoms with van der Waals surface area (Å²) >= 11 is 0. The van der Waals surface area contributed by atoms with Gasteiger partial charge in [0, 0.05) is 11.8 Å². The van der Waals surface area contributed by atoms with Crippen LogP contribution < -0.4 is 0 Å². The van der Waals surface area contributed by atoms with Crippen LogP contribution in [0, 0.1) is 11.8 Å². The van der Waals surface area contributed by atoms with E-state index < -0.39 is 0 Å². The molecule has 0 aromatic heterocycles. The summed E-state index contributed by atoms with van der Waals surface area (Å²) in [4.78, 5) is 0. The standard InChI is InChI=1S/C26H28O/c1-3-9-17(10-4-1)19-15-22(18-11-5-2-6-12-18)24-23(16-19)25-20-13-7-8-14-21(20)26(24)27-25/h7-9,11,13-16,23-26H,1-6,10,12H2/t23-,24+,25+,26-/m1/s1. The highest BCUT2D eigenvalue weighted by atomic mass is 16.5. The van der Waals surface area contributed by atoms with Crippen LogP contribution in [0.2, 0.25) is 0 Å². The molecule has 4 atom stereocenters. The fourth-order valence-corrected chi connectivity index (χ4v) is 6.09. The van der Waals surface area contributed by atoms with E-state index in [4.69, 9.17) is 4.74 Å². The molecule has 1 heteroatoms. The first kappa shape index (κ1) is 16.1. The van der Waals surface area contributed by atoms with Crippen molar-refractivity contribution >= 4 is 0 Å². The lowest BCUT2D eigenvalue weighted by molar-refractivity contribution is 0.0596. The average Bonchev–Trinajstić information content (AvgIpc) is 3.32. The van der Waals surface area contributed by atoms with Crippen LogP contribution in [0.25, 0.3) is 0 Å². The zero-order chi connectivity index (χ0) is 17.8. The molecule has 2 heterocycles. The third-order valence-corrected chi connectivity index (χ3v) is 7.36. The van der Waals surface area contributed by atoms with Gasteiger partial charge in [-0.05, 0) is 84.8 Å². The van der Waals surface area contributed by atoms with E-state index in [1.165, 1.54) is 68.1 Å². The monoisotopic (exact) mass is 356 g/mol. The summed E-state index contributed by atoms with van der Waals surface area (Å²) in [6.07, 6.45) is 21.1. The number of benzene rings is 1. The molecule has 0 radical (unpaired) electrons. The van der Waals surface area contributed by atoms with E-state index >= 15 is 0 Å². The Labute approximate surface area is 162 Å². The van der Waals surface area contributed by atoms with Crippen molar-refractivity contribution in [3.63, 3.8) is 0 Å². The van der Waals surface area contributed by atoms with Crippen molar-refractivity contribution in [2.45, 2.75) is 63.6 Å². The molecule has 1 nitrogen and oxygen atoms in total. The molecule has 5 aliphatic rings. The third kappa shape index (κ3) is 2.48. The lowest BCUT2D eigenvalue weighted by Crippen LogP contribution is -2.26. The molecule has 2 bridgehead atoms. The van der Waals surface area contributed by atoms with E-state index in [9.17, 15) is 0 Å². The lowest BCUT2D eigenvalue weighted by atomic mass is 9.66. The Morgan fingerprint density at radius 2 is 1.48 bits per heavy atom. The Hall–Kier alpha value is -1.86. The highest BCUT2D eigenvalue weighted by Gasteiger charge is 2.53. The molecule has 0 spiro atoms. The number of fused-ring (bicyclic) bond motifs is 8. The van der Waals surface area contributed by atoms with Gasteiger partial charge >= 0.3 is 0 Å². The first-order valence-electron chi connectivity index (χ1n) is 11.0. The maximum Gasteiger partial charge on any atom is 0.0912 e. The first-order valence-corrected chi connectivity index (χ1v) is 11.0. The summed E-state index contributed by atoms with van der Waals surface area (Å²) in [5.74, 6) is 1.02. The van der Waals surface area contributed by atoms with Gasteiger partial charge in [0.15, 0.2) is 0 Å². The van der Waals surface area contributed by atoms with Crippen molar-refractivity contribution in [3.8, 4) is 0 Å². The molecule has 1 aromatic rings. The molecular weight excluding hydrogens is 328 g/mol. The summed E-state index contributed by atoms with van der Waals surface area (Å²) in [5.41, 5.74) is 9.20. The average molecular weight is 357 g/mol. The largest absolute Gasteiger partial charge is 0.364 e. The van der Waals surface area contributed by atoms with Gasteiger partial charge in [-0.15, -0.1) is 0 Å². The van der Waals surface area contributed by atoms with Gasteiger partial charge in [0.1, 0.15) is 0 Å². The Morgan fingerprint density at radius 1 is 0.778 bits per heavy atom. The van der Waals surface area contributed by atoms with Crippen molar-refractivity contribution in [1.29, 1.82) is 0 Å². The predicted molar refractivity (Wildman–Crippen MR) is 109 cm³/mol. The van der Waals surface area contributed by atoms with Gasteiger partial charge in [0.05, 0.1) is 12.2 Å². The zero-order valence-electron chi connectivity index (χ0n) is 16.0. The van der Waals surface area contributed by atoms with Crippen LogP contribution in [-0.2, 0) is 4.74 Å². The molecule has 6 rings (SSSR count). The van der Waals surface area contributed by atoms with Crippen molar-refractivity contribution in [1.82, 2.24) is 0 Å². The highest BCUT2D eigenvalue weighted by Crippen LogP contribution is 2.62. The SMILES string of the molecule is C1=C(C2=CCCCC2)C=C(C2=CCCCC2)[C@H]2[C@@H]1[C@H]1O[C@@H]2c2ccccc21. The Bertz CT molecular complexity index is 897. The van der Waals surface area contributed by atoms with Gasteiger partial charge in [-0.3, -0.25) is 0 Å². The molecule has 0 N–H and O–H groups in total. The Balaban J connectivity index is 1.47. The minimum atomic E-state index is 0.253. The fraction of sp³-hybridized carbons (Fsp3) is 0.462. The highest BCUT2D eigenvalue weighted by molar-refractivity contribution is 5.55. The second-order valence-corrected chi connectivity index (χ2v) is 8.88. The Kier molecular flexibility index (Phi) is 3.79. The van der Waals surface area contributed by atoms with E-state index in [1.54, 1.807) is 16.7 Å². The van der Waals surface area contributed by atoms with E-state index in [1.807, 2.05) is 0 Å². The summed E-state index contributed by atoms with van der Waals surface area (Å²) in [6.45, 7) is 0. The number of ether oxygens (including phenoxy) is 1. The van der Waals surface area contributed by atoms with Crippen molar-refractivity contribution < 1.29 is 4.74 Å². The van der Waals surface area contributed by atoms with E-state index in [0.29, 0.717) is 11.8 Å². The number of hydrogen-bond donors (Lipinski definition) is 0. The molecule has 138 valence electrons. The van der Waals surface area contributed by atoms with Crippen LogP contribution in [0.4, 0.5) is 0 Å². The lowest BCUT2D eigenvalue weighted by Gasteiger charge is -2.35. The van der Waals surface area contributed by atoms with Gasteiger partial charge in [-0.2, -0.15) is 0 Å². The number of hydrogen-bond acceptors (Lipinski definition) is 1. The molecule has 1 aromatic carbocycles. The topological polar surface area (TPSA) is 9.23 Å². The summed E-state index contributed by atoms with van der Waals surface area (Å²) in [5, 5.41) is 0. The molecule has 0 amide bonds. The Morgan fingerprint density at radius 3 is 2.19 bits per heavy atom. The van der Waals surface area contributed by atoms with Gasteiger partial charge in [-0.25, -0.2) is 0 Å². The minimum absolute atomic E-state index is 0.253. The molecule has 1 fully saturated rings. The van der Waals surface area contributed by atoms with Crippen LogP contribution in [0.15, 0.2) is 70.9 Å². The minimum Gasteiger partial charge on any atom is -0.364 e. The van der Waals surface area contributed by atoms with E-state index in [-0.39, 0.29) is 12.2 Å². The number of allylic oxidation sites excluding steroid dienone is 6. The van der Waals surface area contributed by atoms with E-state index in [0.717, 1.165) is 0 Å². The van der Waals surface area contributed by atoms with Crippen LogP contribution in [0.5, 0.6) is 0 Å². The second kappa shape index (κ2) is 6.34. The normalized spacial score (nSPS) is 34.2. The molecule has 0 unspecified atom stereocenters. The smallest absolute Gasteiger partial charge is 0.0912 e. The molecular formula is C26H28O. The van der Waals surface area contributed by atoms with Crippen molar-refractivity contribution in [2.24, 2.45) is 11.8 Å². The molecule has 3 aliphatic carbocycles. The summed E-state index contributed by atoms with van der Waals surface area (Å²) < 4.78 is 6.61. The first-order chi connectivity index (χ1) is 13.4. The molecule has 0 saturated carbocycles. The van der Waals surface area contributed by atoms with Gasteiger partial charge in [0.2, 0.25) is 0 Å². The third-order valence-electron chi connectivity index (χ3n) is 7.36. The zero-order valence-corrected chi connectivity index (χ0v) is 16.0. The molecule has 2 aliphatic heterocycles. The van der Waals surface area contributed by atoms with Gasteiger partial charge < -0.3 is 4.74 Å². The summed E-state index contributed by atoms with van der Waals surface area (Å²) in [7, 11) is 0. The van der Waals surface area contributed by atoms with Crippen LogP contribution in [-0.4, -0.2) is 0 Å². The van der Waals surface area contributed by atoms with Crippen LogP contribution >= 0.6 is 0 Å². The molecule has 27 heavy (non-hydrogen) atoms. The maximum atomic E-state index is 6.61. The summed E-state index contributed by atoms with van der Waals surface area (Å²) in [6, 6.07) is 8.95. The van der Waals surface area contributed by atoms with Crippen molar-refractivity contribution in [2.75, 3.05) is 0 Å². The number of rotatable bonds is 2. The maximum absolute atomic E-state index is 6.61. The second-order valence-electron chi connectivity index (χ2n) is 8.88. The quantitative estimate of drug-likeness (QED) is 0.559. The van der Waals surface area contributed by atoms with E-state index in [2.05, 4.69) is 48.6 Å². The van der Waals surface area contributed by atoms with Crippen LogP contribution in [0.1, 0.15) is 74.7 Å². The van der Waals surface area contributed by atoms with Gasteiger partial charge in [0.25, 0.3) is 0 Å². The van der Waals surface area contributed by atoms with Gasteiger partial charge in [-0.1, -0.05) is 48.6 Å². The fourth-order valence-electron chi connectivity index (χ4n) is 6.09. The molecule has 1 saturated heterocycles. The van der Waals surface area contributed by atoms with Crippen molar-refractivity contribution in [3.05, 3.63) is 82.0 Å². The predicted octanol–water partition coefficient (Wildman–Crippen LogP) is 6.91. The van der Waals surface area contributed by atoms with Crippen LogP contribution in [0.3, 0.4) is 0 Å².